The lowest BCUT2D eigenvalue weighted by Gasteiger charge is -2.29. The van der Waals surface area contributed by atoms with Crippen LogP contribution in [0.3, 0.4) is 0 Å². The van der Waals surface area contributed by atoms with E-state index in [0.717, 1.165) is 51.9 Å². The van der Waals surface area contributed by atoms with Crippen molar-refractivity contribution in [3.63, 3.8) is 0 Å². The summed E-state index contributed by atoms with van der Waals surface area (Å²) in [7, 11) is 0. The first-order chi connectivity index (χ1) is 10.8. The predicted octanol–water partition coefficient (Wildman–Crippen LogP) is 2.38. The first-order valence-electron chi connectivity index (χ1n) is 8.55. The molecule has 1 saturated carbocycles. The number of nitrogens with two attached hydrogens (primary N) is 1. The SMILES string of the molecule is Cl.Cl.NC[C@H]1CCC[C@H]1C(=O)NCCN1CCc2ccccc2C1. The number of benzene rings is 1. The maximum Gasteiger partial charge on any atom is 0.223 e. The van der Waals surface area contributed by atoms with Gasteiger partial charge >= 0.3 is 0 Å². The summed E-state index contributed by atoms with van der Waals surface area (Å²) in [6.07, 6.45) is 4.37. The van der Waals surface area contributed by atoms with Gasteiger partial charge in [0.15, 0.2) is 0 Å². The first kappa shape index (κ1) is 21.2. The number of halogens is 2. The minimum Gasteiger partial charge on any atom is -0.355 e. The van der Waals surface area contributed by atoms with Gasteiger partial charge in [0, 0.05) is 32.1 Å². The summed E-state index contributed by atoms with van der Waals surface area (Å²) in [6, 6.07) is 8.66. The van der Waals surface area contributed by atoms with Crippen LogP contribution in [0.5, 0.6) is 0 Å². The minimum atomic E-state index is 0. The Morgan fingerprint density at radius 3 is 2.71 bits per heavy atom. The van der Waals surface area contributed by atoms with Crippen LogP contribution in [-0.2, 0) is 17.8 Å². The van der Waals surface area contributed by atoms with E-state index in [0.29, 0.717) is 12.5 Å². The Labute approximate surface area is 157 Å². The second kappa shape index (κ2) is 10.2. The molecule has 1 aliphatic carbocycles. The lowest BCUT2D eigenvalue weighted by atomic mass is 9.95. The average Bonchev–Trinajstić information content (AvgIpc) is 3.03. The highest BCUT2D eigenvalue weighted by Gasteiger charge is 2.31. The Kier molecular flexibility index (Phi) is 9.06. The monoisotopic (exact) mass is 373 g/mol. The number of carbonyl (C=O) groups is 1. The Bertz CT molecular complexity index is 527. The average molecular weight is 374 g/mol. The van der Waals surface area contributed by atoms with E-state index in [2.05, 4.69) is 34.5 Å². The topological polar surface area (TPSA) is 58.4 Å². The van der Waals surface area contributed by atoms with Crippen LogP contribution in [0.2, 0.25) is 0 Å². The van der Waals surface area contributed by atoms with E-state index in [1.807, 2.05) is 0 Å². The van der Waals surface area contributed by atoms with Gasteiger partial charge in [0.1, 0.15) is 0 Å². The summed E-state index contributed by atoms with van der Waals surface area (Å²) >= 11 is 0. The van der Waals surface area contributed by atoms with Crippen LogP contribution >= 0.6 is 24.8 Å². The predicted molar refractivity (Wildman–Crippen MR) is 103 cm³/mol. The summed E-state index contributed by atoms with van der Waals surface area (Å²) in [4.78, 5) is 14.7. The van der Waals surface area contributed by atoms with E-state index in [-0.39, 0.29) is 36.6 Å². The van der Waals surface area contributed by atoms with E-state index in [4.69, 9.17) is 5.73 Å². The van der Waals surface area contributed by atoms with Gasteiger partial charge in [-0.2, -0.15) is 0 Å². The van der Waals surface area contributed by atoms with Crippen molar-refractivity contribution in [3.05, 3.63) is 35.4 Å². The molecule has 1 aliphatic heterocycles. The van der Waals surface area contributed by atoms with E-state index in [9.17, 15) is 4.79 Å². The number of fused-ring (bicyclic) bond motifs is 1. The molecule has 136 valence electrons. The highest BCUT2D eigenvalue weighted by atomic mass is 35.5. The van der Waals surface area contributed by atoms with Crippen LogP contribution in [-0.4, -0.2) is 37.0 Å². The molecule has 6 heteroatoms. The molecule has 2 aliphatic rings. The molecule has 3 rings (SSSR count). The number of hydrogen-bond acceptors (Lipinski definition) is 3. The Morgan fingerprint density at radius 1 is 1.21 bits per heavy atom. The molecule has 4 nitrogen and oxygen atoms in total. The van der Waals surface area contributed by atoms with Gasteiger partial charge in [-0.3, -0.25) is 9.69 Å². The zero-order chi connectivity index (χ0) is 15.4. The molecule has 2 atom stereocenters. The fourth-order valence-corrected chi connectivity index (χ4v) is 3.88. The molecule has 1 aromatic carbocycles. The number of hydrogen-bond donors (Lipinski definition) is 2. The van der Waals surface area contributed by atoms with E-state index >= 15 is 0 Å². The Balaban J connectivity index is 0.00000144. The molecule has 0 aromatic heterocycles. The molecule has 24 heavy (non-hydrogen) atoms. The van der Waals surface area contributed by atoms with Crippen LogP contribution in [0.1, 0.15) is 30.4 Å². The first-order valence-corrected chi connectivity index (χ1v) is 8.55. The van der Waals surface area contributed by atoms with Crippen molar-refractivity contribution in [2.24, 2.45) is 17.6 Å². The molecular weight excluding hydrogens is 345 g/mol. The zero-order valence-corrected chi connectivity index (χ0v) is 15.7. The Morgan fingerprint density at radius 2 is 1.96 bits per heavy atom. The van der Waals surface area contributed by atoms with Crippen molar-refractivity contribution in [1.82, 2.24) is 10.2 Å². The van der Waals surface area contributed by atoms with Gasteiger partial charge in [0.05, 0.1) is 0 Å². The standard InChI is InChI=1S/C18H27N3O.2ClH/c19-12-15-6-3-7-17(15)18(22)20-9-11-21-10-8-14-4-1-2-5-16(14)13-21;;/h1-2,4-5,15,17H,3,6-13,19H2,(H,20,22);2*1H/t15-,17-;;/m1../s1. The van der Waals surface area contributed by atoms with Crippen molar-refractivity contribution in [1.29, 1.82) is 0 Å². The number of rotatable bonds is 5. The highest BCUT2D eigenvalue weighted by molar-refractivity contribution is 5.85. The molecule has 3 N–H and O–H groups in total. The lowest BCUT2D eigenvalue weighted by Crippen LogP contribution is -2.41. The fourth-order valence-electron chi connectivity index (χ4n) is 3.88. The van der Waals surface area contributed by atoms with Crippen LogP contribution in [0.25, 0.3) is 0 Å². The van der Waals surface area contributed by atoms with Gasteiger partial charge in [0.2, 0.25) is 5.91 Å². The third kappa shape index (κ3) is 5.09. The molecular formula is C18H29Cl2N3O. The quantitative estimate of drug-likeness (QED) is 0.832. The second-order valence-corrected chi connectivity index (χ2v) is 6.62. The van der Waals surface area contributed by atoms with Crippen LogP contribution in [0.4, 0.5) is 0 Å². The lowest BCUT2D eigenvalue weighted by molar-refractivity contribution is -0.126. The molecule has 0 unspecified atom stereocenters. The normalized spacial score (nSPS) is 22.9. The third-order valence-corrected chi connectivity index (χ3v) is 5.24. The second-order valence-electron chi connectivity index (χ2n) is 6.62. The van der Waals surface area contributed by atoms with Crippen LogP contribution in [0.15, 0.2) is 24.3 Å². The van der Waals surface area contributed by atoms with Crippen LogP contribution in [0, 0.1) is 11.8 Å². The third-order valence-electron chi connectivity index (χ3n) is 5.24. The smallest absolute Gasteiger partial charge is 0.223 e. The van der Waals surface area contributed by atoms with E-state index in [1.165, 1.54) is 11.1 Å². The maximum atomic E-state index is 12.3. The molecule has 0 radical (unpaired) electrons. The summed E-state index contributed by atoms with van der Waals surface area (Å²) in [6.45, 7) is 4.40. The largest absolute Gasteiger partial charge is 0.355 e. The van der Waals surface area contributed by atoms with E-state index in [1.54, 1.807) is 0 Å². The fraction of sp³-hybridized carbons (Fsp3) is 0.611. The van der Waals surface area contributed by atoms with Crippen molar-refractivity contribution >= 4 is 30.7 Å². The van der Waals surface area contributed by atoms with Gasteiger partial charge < -0.3 is 11.1 Å². The number of carbonyl (C=O) groups excluding carboxylic acids is 1. The summed E-state index contributed by atoms with van der Waals surface area (Å²) in [5, 5.41) is 3.12. The van der Waals surface area contributed by atoms with Crippen molar-refractivity contribution in [2.45, 2.75) is 32.2 Å². The van der Waals surface area contributed by atoms with Gasteiger partial charge in [0.25, 0.3) is 0 Å². The molecule has 0 spiro atoms. The van der Waals surface area contributed by atoms with Crippen molar-refractivity contribution in [2.75, 3.05) is 26.2 Å². The summed E-state index contributed by atoms with van der Waals surface area (Å²) < 4.78 is 0. The summed E-state index contributed by atoms with van der Waals surface area (Å²) in [5.41, 5.74) is 8.67. The summed E-state index contributed by atoms with van der Waals surface area (Å²) in [5.74, 6) is 0.749. The van der Waals surface area contributed by atoms with Crippen LogP contribution < -0.4 is 11.1 Å². The van der Waals surface area contributed by atoms with E-state index < -0.39 is 0 Å². The van der Waals surface area contributed by atoms with Gasteiger partial charge in [-0.1, -0.05) is 30.7 Å². The molecule has 1 aromatic rings. The van der Waals surface area contributed by atoms with Crippen molar-refractivity contribution < 1.29 is 4.79 Å². The maximum absolute atomic E-state index is 12.3. The van der Waals surface area contributed by atoms with Crippen molar-refractivity contribution in [3.8, 4) is 0 Å². The molecule has 1 amide bonds. The number of nitrogens with zero attached hydrogens (tertiary/aromatic N) is 1. The molecule has 0 saturated heterocycles. The molecule has 1 heterocycles. The molecule has 1 fully saturated rings. The zero-order valence-electron chi connectivity index (χ0n) is 14.1. The number of nitrogens with one attached hydrogen (secondary N) is 1. The number of amides is 1. The highest BCUT2D eigenvalue weighted by Crippen LogP contribution is 2.30. The van der Waals surface area contributed by atoms with Gasteiger partial charge in [-0.15, -0.1) is 24.8 Å². The molecule has 0 bridgehead atoms. The van der Waals surface area contributed by atoms with Gasteiger partial charge in [-0.05, 0) is 42.9 Å². The Hall–Kier alpha value is -0.810. The minimum absolute atomic E-state index is 0. The van der Waals surface area contributed by atoms with Gasteiger partial charge in [-0.25, -0.2) is 0 Å².